The molecule has 2 amide bonds. The standard InChI is InChI=1S/C38H48N6O6/c1-8-9-17-43(35(45)49-37(2,3)4)23-33-39-21-26(41-33)24-13-15-29-31(19-24)47-30-16-14-25(20-32(30)48-29)27-22-40-34(42-27)28-12-10-11-18-44(28)36(46)50-38(5,6)7/h13-16,19-22,28H,8-12,17-18,23H2,1-7H3,(H,39,41)(H,40,42). The van der Waals surface area contributed by atoms with Crippen LogP contribution in [0.4, 0.5) is 9.59 Å². The summed E-state index contributed by atoms with van der Waals surface area (Å²) in [5.74, 6) is 3.76. The first-order valence-electron chi connectivity index (χ1n) is 17.5. The highest BCUT2D eigenvalue weighted by Gasteiger charge is 2.33. The maximum absolute atomic E-state index is 13.0. The van der Waals surface area contributed by atoms with Crippen molar-refractivity contribution in [1.82, 2.24) is 29.7 Å². The average molecular weight is 685 g/mol. The number of benzene rings is 2. The second-order valence-corrected chi connectivity index (χ2v) is 14.9. The van der Waals surface area contributed by atoms with Gasteiger partial charge in [-0.15, -0.1) is 0 Å². The van der Waals surface area contributed by atoms with E-state index in [1.54, 1.807) is 22.2 Å². The Morgan fingerprint density at radius 1 is 0.860 bits per heavy atom. The van der Waals surface area contributed by atoms with Crippen LogP contribution in [0.3, 0.4) is 0 Å². The lowest BCUT2D eigenvalue weighted by Crippen LogP contribution is -2.42. The number of hydrogen-bond donors (Lipinski definition) is 2. The number of H-pyrrole nitrogens is 2. The Morgan fingerprint density at radius 3 is 2.10 bits per heavy atom. The topological polar surface area (TPSA) is 135 Å². The Bertz CT molecular complexity index is 1830. The Kier molecular flexibility index (Phi) is 9.82. The third-order valence-electron chi connectivity index (χ3n) is 8.39. The molecule has 1 unspecified atom stereocenters. The average Bonchev–Trinajstić information content (AvgIpc) is 3.74. The molecule has 4 aromatic rings. The molecule has 0 radical (unpaired) electrons. The number of imidazole rings is 2. The van der Waals surface area contributed by atoms with Crippen molar-refractivity contribution >= 4 is 12.2 Å². The van der Waals surface area contributed by atoms with E-state index in [-0.39, 0.29) is 18.2 Å². The lowest BCUT2D eigenvalue weighted by Gasteiger charge is -2.35. The fraction of sp³-hybridized carbons (Fsp3) is 0.474. The van der Waals surface area contributed by atoms with E-state index in [0.29, 0.717) is 48.5 Å². The number of piperidine rings is 1. The summed E-state index contributed by atoms with van der Waals surface area (Å²) < 4.78 is 23.9. The number of amides is 2. The van der Waals surface area contributed by atoms with Crippen LogP contribution in [-0.4, -0.2) is 66.2 Å². The summed E-state index contributed by atoms with van der Waals surface area (Å²) >= 11 is 0. The molecule has 2 aliphatic rings. The van der Waals surface area contributed by atoms with Gasteiger partial charge in [-0.3, -0.25) is 4.90 Å². The monoisotopic (exact) mass is 684 g/mol. The molecule has 2 N–H and O–H groups in total. The molecule has 12 nitrogen and oxygen atoms in total. The van der Waals surface area contributed by atoms with Crippen molar-refractivity contribution in [2.75, 3.05) is 13.1 Å². The van der Waals surface area contributed by atoms with Crippen LogP contribution in [0.5, 0.6) is 23.0 Å². The van der Waals surface area contributed by atoms with Gasteiger partial charge in [0, 0.05) is 24.2 Å². The Labute approximate surface area is 293 Å². The SMILES string of the molecule is CCCCN(Cc1ncc(-c2ccc3c(c2)Oc2ccc(-c4cnc(C5CCCCN5C(=O)OC(C)(C)C)[nH]4)cc2O3)[nH]1)C(=O)OC(C)(C)C. The molecule has 0 saturated carbocycles. The third kappa shape index (κ3) is 8.23. The first kappa shape index (κ1) is 34.8. The predicted molar refractivity (Wildman–Crippen MR) is 189 cm³/mol. The van der Waals surface area contributed by atoms with E-state index < -0.39 is 11.2 Å². The number of carbonyl (C=O) groups excluding carboxylic acids is 2. The van der Waals surface area contributed by atoms with Gasteiger partial charge in [0.25, 0.3) is 0 Å². The molecule has 12 heteroatoms. The van der Waals surface area contributed by atoms with Crippen LogP contribution in [0.15, 0.2) is 48.8 Å². The van der Waals surface area contributed by atoms with Gasteiger partial charge in [0.15, 0.2) is 23.0 Å². The minimum atomic E-state index is -0.578. The maximum atomic E-state index is 13.0. The van der Waals surface area contributed by atoms with Crippen molar-refractivity contribution in [2.45, 2.75) is 104 Å². The normalized spacial score (nSPS) is 15.7. The first-order valence-corrected chi connectivity index (χ1v) is 17.5. The van der Waals surface area contributed by atoms with Crippen molar-refractivity contribution in [1.29, 1.82) is 0 Å². The largest absolute Gasteiger partial charge is 0.449 e. The fourth-order valence-corrected chi connectivity index (χ4v) is 6.00. The van der Waals surface area contributed by atoms with Crippen LogP contribution >= 0.6 is 0 Å². The van der Waals surface area contributed by atoms with Gasteiger partial charge < -0.3 is 33.8 Å². The lowest BCUT2D eigenvalue weighted by molar-refractivity contribution is 0.00847. The molecule has 1 saturated heterocycles. The first-order chi connectivity index (χ1) is 23.8. The highest BCUT2D eigenvalue weighted by atomic mass is 16.6. The van der Waals surface area contributed by atoms with Crippen LogP contribution in [-0.2, 0) is 16.0 Å². The Balaban J connectivity index is 1.14. The van der Waals surface area contributed by atoms with Crippen LogP contribution in [0, 0.1) is 0 Å². The molecule has 2 aromatic heterocycles. The van der Waals surface area contributed by atoms with E-state index in [9.17, 15) is 9.59 Å². The Morgan fingerprint density at radius 2 is 1.48 bits per heavy atom. The third-order valence-corrected chi connectivity index (χ3v) is 8.39. The van der Waals surface area contributed by atoms with Gasteiger partial charge in [-0.25, -0.2) is 19.6 Å². The van der Waals surface area contributed by atoms with Gasteiger partial charge in [0.05, 0.1) is 36.4 Å². The van der Waals surface area contributed by atoms with Crippen molar-refractivity contribution in [3.63, 3.8) is 0 Å². The number of aromatic amines is 2. The lowest BCUT2D eigenvalue weighted by atomic mass is 10.0. The molecule has 4 heterocycles. The van der Waals surface area contributed by atoms with E-state index in [1.165, 1.54) is 0 Å². The second-order valence-electron chi connectivity index (χ2n) is 14.9. The molecule has 1 fully saturated rings. The molecule has 0 spiro atoms. The molecule has 50 heavy (non-hydrogen) atoms. The number of unbranched alkanes of at least 4 members (excludes halogenated alkanes) is 1. The zero-order chi connectivity index (χ0) is 35.6. The number of ether oxygens (including phenoxy) is 4. The van der Waals surface area contributed by atoms with Crippen LogP contribution in [0.1, 0.15) is 98.3 Å². The van der Waals surface area contributed by atoms with Gasteiger partial charge in [-0.1, -0.05) is 13.3 Å². The van der Waals surface area contributed by atoms with Gasteiger partial charge in [-0.2, -0.15) is 0 Å². The summed E-state index contributed by atoms with van der Waals surface area (Å²) in [6.07, 6.45) is 7.47. The van der Waals surface area contributed by atoms with Crippen LogP contribution in [0.25, 0.3) is 22.5 Å². The number of hydrogen-bond acceptors (Lipinski definition) is 8. The zero-order valence-corrected chi connectivity index (χ0v) is 30.1. The number of nitrogens with zero attached hydrogens (tertiary/aromatic N) is 4. The molecule has 2 aliphatic heterocycles. The molecule has 6 rings (SSSR count). The minimum Gasteiger partial charge on any atom is -0.449 e. The summed E-state index contributed by atoms with van der Waals surface area (Å²) in [6, 6.07) is 11.3. The highest BCUT2D eigenvalue weighted by Crippen LogP contribution is 2.47. The summed E-state index contributed by atoms with van der Waals surface area (Å²) in [6.45, 7) is 14.8. The van der Waals surface area contributed by atoms with Crippen molar-refractivity contribution in [3.05, 3.63) is 60.4 Å². The molecule has 266 valence electrons. The molecule has 2 aromatic carbocycles. The van der Waals surface area contributed by atoms with E-state index >= 15 is 0 Å². The number of fused-ring (bicyclic) bond motifs is 2. The molecule has 0 aliphatic carbocycles. The summed E-state index contributed by atoms with van der Waals surface area (Å²) in [5, 5.41) is 0. The summed E-state index contributed by atoms with van der Waals surface area (Å²) in [7, 11) is 0. The Hall–Kier alpha value is -5.00. The number of nitrogens with one attached hydrogen (secondary N) is 2. The van der Waals surface area contributed by atoms with E-state index in [0.717, 1.165) is 60.4 Å². The van der Waals surface area contributed by atoms with Crippen LogP contribution in [0.2, 0.25) is 0 Å². The van der Waals surface area contributed by atoms with E-state index in [1.807, 2.05) is 77.9 Å². The second kappa shape index (κ2) is 14.1. The van der Waals surface area contributed by atoms with Crippen LogP contribution < -0.4 is 9.47 Å². The molecular weight excluding hydrogens is 636 g/mol. The smallest absolute Gasteiger partial charge is 0.410 e. The predicted octanol–water partition coefficient (Wildman–Crippen LogP) is 9.36. The summed E-state index contributed by atoms with van der Waals surface area (Å²) in [4.78, 5) is 45.3. The van der Waals surface area contributed by atoms with Gasteiger partial charge in [-0.05, 0) is 104 Å². The molecule has 0 bridgehead atoms. The maximum Gasteiger partial charge on any atom is 0.410 e. The van der Waals surface area contributed by atoms with E-state index in [4.69, 9.17) is 18.9 Å². The zero-order valence-electron chi connectivity index (χ0n) is 30.1. The molecule has 1 atom stereocenters. The quantitative estimate of drug-likeness (QED) is 0.165. The number of aromatic nitrogens is 4. The van der Waals surface area contributed by atoms with Gasteiger partial charge >= 0.3 is 12.2 Å². The van der Waals surface area contributed by atoms with Crippen molar-refractivity contribution in [3.8, 4) is 45.5 Å². The summed E-state index contributed by atoms with van der Waals surface area (Å²) in [5.41, 5.74) is 2.22. The number of rotatable bonds is 8. The highest BCUT2D eigenvalue weighted by molar-refractivity contribution is 5.71. The molecular formula is C38H48N6O6. The van der Waals surface area contributed by atoms with Gasteiger partial charge in [0.1, 0.15) is 22.9 Å². The number of likely N-dealkylation sites (tertiary alicyclic amines) is 1. The minimum absolute atomic E-state index is 0.179. The van der Waals surface area contributed by atoms with Crippen molar-refractivity contribution < 1.29 is 28.5 Å². The van der Waals surface area contributed by atoms with Gasteiger partial charge in [0.2, 0.25) is 0 Å². The number of carbonyl (C=O) groups is 2. The van der Waals surface area contributed by atoms with Crippen molar-refractivity contribution in [2.24, 2.45) is 0 Å². The van der Waals surface area contributed by atoms with E-state index in [2.05, 4.69) is 26.9 Å². The fourth-order valence-electron chi connectivity index (χ4n) is 6.00.